The highest BCUT2D eigenvalue weighted by Crippen LogP contribution is 2.13. The lowest BCUT2D eigenvalue weighted by molar-refractivity contribution is 0.533. The average molecular weight is 294 g/mol. The second kappa shape index (κ2) is 19.4. The van der Waals surface area contributed by atoms with E-state index in [4.69, 9.17) is 0 Å². The van der Waals surface area contributed by atoms with E-state index in [0.29, 0.717) is 0 Å². The summed E-state index contributed by atoms with van der Waals surface area (Å²) in [6.07, 6.45) is 27.3. The summed E-state index contributed by atoms with van der Waals surface area (Å²) < 4.78 is 0. The zero-order valence-electron chi connectivity index (χ0n) is 14.4. The monoisotopic (exact) mass is 293 g/mol. The van der Waals surface area contributed by atoms with E-state index in [2.05, 4.69) is 6.92 Å². The van der Waals surface area contributed by atoms with E-state index in [1.54, 1.807) is 6.29 Å². The molecule has 0 bridgehead atoms. The highest BCUT2D eigenvalue weighted by atomic mass is 16.1. The Labute approximate surface area is 133 Å². The first kappa shape index (κ1) is 20.4. The lowest BCUT2D eigenvalue weighted by Gasteiger charge is -2.03. The first-order valence-electron chi connectivity index (χ1n) is 9.44. The topological polar surface area (TPSA) is 17.1 Å². The molecule has 0 aromatic rings. The van der Waals surface area contributed by atoms with Crippen LogP contribution in [0.2, 0.25) is 0 Å². The van der Waals surface area contributed by atoms with E-state index in [1.165, 1.54) is 102 Å². The van der Waals surface area contributed by atoms with Gasteiger partial charge in [-0.25, -0.2) is 0 Å². The van der Waals surface area contributed by atoms with Crippen molar-refractivity contribution < 1.29 is 4.79 Å². The summed E-state index contributed by atoms with van der Waals surface area (Å²) in [5.74, 6) is 0. The van der Waals surface area contributed by atoms with Crippen LogP contribution >= 0.6 is 0 Å². The normalized spacial score (nSPS) is 11.3. The standard InChI is InChI=1S/C20H37O/c1-2-3-4-5-6-7-8-9-10-11-12-13-14-15-16-17-18-19-20-21/h18-19H,2-17H2,1H3/b19-18+. The van der Waals surface area contributed by atoms with Gasteiger partial charge < -0.3 is 0 Å². The number of hydrogen-bond acceptors (Lipinski definition) is 1. The average Bonchev–Trinajstić information content (AvgIpc) is 2.50. The minimum atomic E-state index is 1.04. The molecular formula is C20H37O. The molecule has 0 spiro atoms. The van der Waals surface area contributed by atoms with Gasteiger partial charge in [-0.05, 0) is 18.9 Å². The first-order chi connectivity index (χ1) is 10.4. The molecule has 0 atom stereocenters. The molecule has 0 unspecified atom stereocenters. The summed E-state index contributed by atoms with van der Waals surface area (Å²) in [6.45, 7) is 2.28. The van der Waals surface area contributed by atoms with Gasteiger partial charge in [0, 0.05) is 0 Å². The van der Waals surface area contributed by atoms with Gasteiger partial charge in [0.2, 0.25) is 6.29 Å². The van der Waals surface area contributed by atoms with Gasteiger partial charge in [0.05, 0.1) is 0 Å². The van der Waals surface area contributed by atoms with E-state index in [0.717, 1.165) is 6.42 Å². The van der Waals surface area contributed by atoms with Gasteiger partial charge >= 0.3 is 0 Å². The molecule has 0 rings (SSSR count). The molecule has 0 amide bonds. The van der Waals surface area contributed by atoms with Gasteiger partial charge in [0.15, 0.2) is 0 Å². The molecule has 123 valence electrons. The number of carbonyl (C=O) groups excluding carboxylic acids is 1. The third-order valence-electron chi connectivity index (χ3n) is 4.16. The Kier molecular flexibility index (Phi) is 18.9. The van der Waals surface area contributed by atoms with Gasteiger partial charge in [-0.1, -0.05) is 103 Å². The third-order valence-corrected chi connectivity index (χ3v) is 4.16. The summed E-state index contributed by atoms with van der Waals surface area (Å²) in [4.78, 5) is 9.95. The zero-order valence-corrected chi connectivity index (χ0v) is 14.4. The Hall–Kier alpha value is -0.590. The summed E-state index contributed by atoms with van der Waals surface area (Å²) in [7, 11) is 0. The van der Waals surface area contributed by atoms with E-state index < -0.39 is 0 Å². The molecule has 0 aliphatic carbocycles. The van der Waals surface area contributed by atoms with Crippen LogP contribution in [0, 0.1) is 0 Å². The SMILES string of the molecule is CCCCCCCCCCCCCCCCC/C=C/[C]=O. The second-order valence-corrected chi connectivity index (χ2v) is 6.26. The Morgan fingerprint density at radius 3 is 1.38 bits per heavy atom. The zero-order chi connectivity index (χ0) is 15.4. The van der Waals surface area contributed by atoms with E-state index in [-0.39, 0.29) is 0 Å². The second-order valence-electron chi connectivity index (χ2n) is 6.26. The smallest absolute Gasteiger partial charge is 0.225 e. The first-order valence-corrected chi connectivity index (χ1v) is 9.44. The van der Waals surface area contributed by atoms with Crippen LogP contribution in [0.15, 0.2) is 12.2 Å². The molecule has 0 N–H and O–H groups in total. The predicted octanol–water partition coefficient (Wildman–Crippen LogP) is 6.91. The Bertz CT molecular complexity index is 220. The Morgan fingerprint density at radius 2 is 1.00 bits per heavy atom. The molecule has 0 aromatic heterocycles. The third kappa shape index (κ3) is 19.4. The molecule has 0 aromatic carbocycles. The van der Waals surface area contributed by atoms with Crippen molar-refractivity contribution in [3.05, 3.63) is 12.2 Å². The molecule has 0 aliphatic rings. The van der Waals surface area contributed by atoms with Crippen molar-refractivity contribution in [2.24, 2.45) is 0 Å². The van der Waals surface area contributed by atoms with Crippen molar-refractivity contribution in [2.75, 3.05) is 0 Å². The van der Waals surface area contributed by atoms with Crippen molar-refractivity contribution in [3.63, 3.8) is 0 Å². The molecule has 0 heterocycles. The number of allylic oxidation sites excluding steroid dienone is 2. The molecule has 1 nitrogen and oxygen atoms in total. The minimum absolute atomic E-state index is 1.04. The van der Waals surface area contributed by atoms with Crippen LogP contribution < -0.4 is 0 Å². The van der Waals surface area contributed by atoms with Crippen LogP contribution in [-0.2, 0) is 4.79 Å². The fourth-order valence-corrected chi connectivity index (χ4v) is 2.76. The van der Waals surface area contributed by atoms with E-state index in [1.807, 2.05) is 6.08 Å². The maximum absolute atomic E-state index is 9.95. The lowest BCUT2D eigenvalue weighted by atomic mass is 10.0. The van der Waals surface area contributed by atoms with Gasteiger partial charge in [-0.3, -0.25) is 4.79 Å². The van der Waals surface area contributed by atoms with Crippen LogP contribution in [0.1, 0.15) is 110 Å². The highest BCUT2D eigenvalue weighted by molar-refractivity contribution is 5.65. The van der Waals surface area contributed by atoms with Crippen molar-refractivity contribution in [3.8, 4) is 0 Å². The summed E-state index contributed by atoms with van der Waals surface area (Å²) in [5.41, 5.74) is 0. The van der Waals surface area contributed by atoms with Gasteiger partial charge in [0.25, 0.3) is 0 Å². The minimum Gasteiger partial charge on any atom is -0.286 e. The summed E-state index contributed by atoms with van der Waals surface area (Å²) in [5, 5.41) is 0. The van der Waals surface area contributed by atoms with Crippen molar-refractivity contribution in [1.29, 1.82) is 0 Å². The molecular weight excluding hydrogens is 256 g/mol. The Morgan fingerprint density at radius 1 is 0.619 bits per heavy atom. The quantitative estimate of drug-likeness (QED) is 0.210. The summed E-state index contributed by atoms with van der Waals surface area (Å²) in [6, 6.07) is 0. The van der Waals surface area contributed by atoms with Gasteiger partial charge in [-0.2, -0.15) is 0 Å². The fraction of sp³-hybridized carbons (Fsp3) is 0.850. The number of unbranched alkanes of at least 4 members (excludes halogenated alkanes) is 15. The van der Waals surface area contributed by atoms with Crippen molar-refractivity contribution in [2.45, 2.75) is 110 Å². The predicted molar refractivity (Wildman–Crippen MR) is 94.4 cm³/mol. The number of rotatable bonds is 17. The molecule has 1 radical (unpaired) electrons. The number of hydrogen-bond donors (Lipinski definition) is 0. The van der Waals surface area contributed by atoms with Crippen LogP contribution in [0.5, 0.6) is 0 Å². The van der Waals surface area contributed by atoms with Crippen molar-refractivity contribution >= 4 is 6.29 Å². The Balaban J connectivity index is 2.96. The van der Waals surface area contributed by atoms with Crippen molar-refractivity contribution in [1.82, 2.24) is 0 Å². The molecule has 0 saturated heterocycles. The van der Waals surface area contributed by atoms with Crippen LogP contribution in [-0.4, -0.2) is 6.29 Å². The lowest BCUT2D eigenvalue weighted by Crippen LogP contribution is -1.83. The van der Waals surface area contributed by atoms with E-state index in [9.17, 15) is 4.79 Å². The molecule has 0 saturated carbocycles. The van der Waals surface area contributed by atoms with E-state index >= 15 is 0 Å². The van der Waals surface area contributed by atoms with Crippen LogP contribution in [0.25, 0.3) is 0 Å². The molecule has 21 heavy (non-hydrogen) atoms. The largest absolute Gasteiger partial charge is 0.286 e. The van der Waals surface area contributed by atoms with Crippen LogP contribution in [0.3, 0.4) is 0 Å². The maximum Gasteiger partial charge on any atom is 0.225 e. The summed E-state index contributed by atoms with van der Waals surface area (Å²) >= 11 is 0. The fourth-order valence-electron chi connectivity index (χ4n) is 2.76. The maximum atomic E-state index is 9.95. The van der Waals surface area contributed by atoms with Gasteiger partial charge in [-0.15, -0.1) is 0 Å². The molecule has 1 heteroatoms. The molecule has 0 aliphatic heterocycles. The highest BCUT2D eigenvalue weighted by Gasteiger charge is 1.93. The van der Waals surface area contributed by atoms with Gasteiger partial charge in [0.1, 0.15) is 0 Å². The molecule has 0 fully saturated rings. The van der Waals surface area contributed by atoms with Crippen LogP contribution in [0.4, 0.5) is 0 Å².